The summed E-state index contributed by atoms with van der Waals surface area (Å²) in [5, 5.41) is 19.2. The third-order valence-corrected chi connectivity index (χ3v) is 4.93. The van der Waals surface area contributed by atoms with Gasteiger partial charge in [-0.15, -0.1) is 0 Å². The Kier molecular flexibility index (Phi) is 8.27. The molecule has 0 bridgehead atoms. The van der Waals surface area contributed by atoms with Crippen molar-refractivity contribution >= 4 is 11.1 Å². The normalized spacial score (nSPS) is 12.1. The number of phenols is 2. The number of hydrogen-bond donors (Lipinski definition) is 2. The SMILES string of the molecule is CCCCCCCC/C(=C(/CC)c1ccc(O)cc1)c1ccc(O)cc1. The molecule has 2 aromatic rings. The number of aromatic hydroxyl groups is 2. The van der Waals surface area contributed by atoms with Gasteiger partial charge in [0.05, 0.1) is 0 Å². The number of unbranched alkanes of at least 4 members (excludes halogenated alkanes) is 5. The summed E-state index contributed by atoms with van der Waals surface area (Å²) in [7, 11) is 0. The van der Waals surface area contributed by atoms with E-state index in [1.54, 1.807) is 24.3 Å². The minimum Gasteiger partial charge on any atom is -0.508 e. The van der Waals surface area contributed by atoms with Crippen LogP contribution in [-0.2, 0) is 0 Å². The second-order valence-electron chi connectivity index (χ2n) is 6.92. The first kappa shape index (κ1) is 20.1. The van der Waals surface area contributed by atoms with Crippen LogP contribution in [0.3, 0.4) is 0 Å². The largest absolute Gasteiger partial charge is 0.508 e. The monoisotopic (exact) mass is 352 g/mol. The van der Waals surface area contributed by atoms with Crippen molar-refractivity contribution in [1.82, 2.24) is 0 Å². The number of hydrogen-bond acceptors (Lipinski definition) is 2. The van der Waals surface area contributed by atoms with Crippen molar-refractivity contribution in [1.29, 1.82) is 0 Å². The highest BCUT2D eigenvalue weighted by atomic mass is 16.3. The van der Waals surface area contributed by atoms with Crippen molar-refractivity contribution in [3.8, 4) is 11.5 Å². The molecular weight excluding hydrogens is 320 g/mol. The zero-order valence-corrected chi connectivity index (χ0v) is 16.2. The van der Waals surface area contributed by atoms with E-state index in [2.05, 4.69) is 13.8 Å². The highest BCUT2D eigenvalue weighted by molar-refractivity contribution is 5.90. The molecule has 2 heteroatoms. The lowest BCUT2D eigenvalue weighted by Gasteiger charge is -2.16. The molecule has 0 spiro atoms. The second-order valence-corrected chi connectivity index (χ2v) is 6.92. The predicted octanol–water partition coefficient (Wildman–Crippen LogP) is 7.17. The van der Waals surface area contributed by atoms with Gasteiger partial charge in [0.15, 0.2) is 0 Å². The van der Waals surface area contributed by atoms with E-state index >= 15 is 0 Å². The Bertz CT molecular complexity index is 681. The van der Waals surface area contributed by atoms with Crippen molar-refractivity contribution in [3.05, 3.63) is 59.7 Å². The highest BCUT2D eigenvalue weighted by Crippen LogP contribution is 2.34. The van der Waals surface area contributed by atoms with Crippen molar-refractivity contribution in [2.45, 2.75) is 65.2 Å². The first-order chi connectivity index (χ1) is 12.7. The second kappa shape index (κ2) is 10.7. The number of allylic oxidation sites excluding steroid dienone is 2. The molecule has 0 aliphatic carbocycles. The zero-order valence-electron chi connectivity index (χ0n) is 16.2. The maximum Gasteiger partial charge on any atom is 0.115 e. The summed E-state index contributed by atoms with van der Waals surface area (Å²) >= 11 is 0. The van der Waals surface area contributed by atoms with E-state index in [1.807, 2.05) is 24.3 Å². The van der Waals surface area contributed by atoms with Crippen LogP contribution in [0.25, 0.3) is 11.1 Å². The summed E-state index contributed by atoms with van der Waals surface area (Å²) in [5.41, 5.74) is 5.03. The van der Waals surface area contributed by atoms with Crippen LogP contribution in [0, 0.1) is 0 Å². The molecule has 0 aromatic heterocycles. The molecule has 0 aliphatic rings. The summed E-state index contributed by atoms with van der Waals surface area (Å²) in [6, 6.07) is 15.1. The number of phenolic OH excluding ortho intramolecular Hbond substituents is 2. The van der Waals surface area contributed by atoms with E-state index in [4.69, 9.17) is 0 Å². The van der Waals surface area contributed by atoms with Gasteiger partial charge in [-0.3, -0.25) is 0 Å². The maximum atomic E-state index is 9.63. The van der Waals surface area contributed by atoms with E-state index < -0.39 is 0 Å². The van der Waals surface area contributed by atoms with Crippen LogP contribution >= 0.6 is 0 Å². The zero-order chi connectivity index (χ0) is 18.8. The molecule has 2 rings (SSSR count). The molecule has 140 valence electrons. The summed E-state index contributed by atoms with van der Waals surface area (Å²) in [5.74, 6) is 0.599. The topological polar surface area (TPSA) is 40.5 Å². The summed E-state index contributed by atoms with van der Waals surface area (Å²) in [4.78, 5) is 0. The molecule has 0 atom stereocenters. The molecule has 26 heavy (non-hydrogen) atoms. The third-order valence-electron chi connectivity index (χ3n) is 4.93. The van der Waals surface area contributed by atoms with Gasteiger partial charge >= 0.3 is 0 Å². The van der Waals surface area contributed by atoms with Gasteiger partial charge < -0.3 is 10.2 Å². The van der Waals surface area contributed by atoms with Crippen molar-refractivity contribution in [2.75, 3.05) is 0 Å². The molecular formula is C24H32O2. The van der Waals surface area contributed by atoms with Crippen LogP contribution in [0.5, 0.6) is 11.5 Å². The van der Waals surface area contributed by atoms with Gasteiger partial charge in [-0.25, -0.2) is 0 Å². The molecule has 0 heterocycles. The van der Waals surface area contributed by atoms with Gasteiger partial charge in [0, 0.05) is 0 Å². The fraction of sp³-hybridized carbons (Fsp3) is 0.417. The molecule has 2 aromatic carbocycles. The summed E-state index contributed by atoms with van der Waals surface area (Å²) < 4.78 is 0. The van der Waals surface area contributed by atoms with Crippen molar-refractivity contribution in [2.24, 2.45) is 0 Å². The number of rotatable bonds is 10. The van der Waals surface area contributed by atoms with Gasteiger partial charge in [0.1, 0.15) is 11.5 Å². The van der Waals surface area contributed by atoms with Gasteiger partial charge in [0.2, 0.25) is 0 Å². The highest BCUT2D eigenvalue weighted by Gasteiger charge is 2.11. The Labute approximate surface area is 158 Å². The van der Waals surface area contributed by atoms with Crippen LogP contribution < -0.4 is 0 Å². The quantitative estimate of drug-likeness (QED) is 0.351. The van der Waals surface area contributed by atoms with Crippen LogP contribution in [0.4, 0.5) is 0 Å². The lowest BCUT2D eigenvalue weighted by Crippen LogP contribution is -1.94. The first-order valence-electron chi connectivity index (χ1n) is 9.96. The minimum absolute atomic E-state index is 0.298. The van der Waals surface area contributed by atoms with Crippen LogP contribution in [0.1, 0.15) is 76.3 Å². The van der Waals surface area contributed by atoms with Crippen LogP contribution in [0.2, 0.25) is 0 Å². The third kappa shape index (κ3) is 5.94. The maximum absolute atomic E-state index is 9.63. The predicted molar refractivity (Wildman–Crippen MR) is 111 cm³/mol. The Morgan fingerprint density at radius 3 is 1.58 bits per heavy atom. The van der Waals surface area contributed by atoms with Crippen molar-refractivity contribution in [3.63, 3.8) is 0 Å². The molecule has 2 N–H and O–H groups in total. The van der Waals surface area contributed by atoms with E-state index in [0.717, 1.165) is 12.8 Å². The van der Waals surface area contributed by atoms with Crippen LogP contribution in [-0.4, -0.2) is 10.2 Å². The van der Waals surface area contributed by atoms with Crippen molar-refractivity contribution < 1.29 is 10.2 Å². The fourth-order valence-corrected chi connectivity index (χ4v) is 3.47. The summed E-state index contributed by atoms with van der Waals surface area (Å²) in [6.45, 7) is 4.43. The van der Waals surface area contributed by atoms with Gasteiger partial charge in [-0.05, 0) is 65.8 Å². The minimum atomic E-state index is 0.298. The average Bonchev–Trinajstić information content (AvgIpc) is 2.66. The fourth-order valence-electron chi connectivity index (χ4n) is 3.47. The molecule has 0 saturated heterocycles. The van der Waals surface area contributed by atoms with Gasteiger partial charge in [0.25, 0.3) is 0 Å². The Morgan fingerprint density at radius 2 is 1.08 bits per heavy atom. The Balaban J connectivity index is 2.25. The van der Waals surface area contributed by atoms with Gasteiger partial charge in [-0.2, -0.15) is 0 Å². The molecule has 2 nitrogen and oxygen atoms in total. The molecule has 0 saturated carbocycles. The molecule has 0 amide bonds. The Morgan fingerprint density at radius 1 is 0.615 bits per heavy atom. The van der Waals surface area contributed by atoms with Crippen LogP contribution in [0.15, 0.2) is 48.5 Å². The number of benzene rings is 2. The molecule has 0 unspecified atom stereocenters. The summed E-state index contributed by atoms with van der Waals surface area (Å²) in [6.07, 6.45) is 9.66. The van der Waals surface area contributed by atoms with Gasteiger partial charge in [-0.1, -0.05) is 70.2 Å². The van der Waals surface area contributed by atoms with E-state index in [0.29, 0.717) is 11.5 Å². The smallest absolute Gasteiger partial charge is 0.115 e. The molecule has 0 fully saturated rings. The van der Waals surface area contributed by atoms with E-state index in [9.17, 15) is 10.2 Å². The standard InChI is InChI=1S/C24H32O2/c1-3-5-6-7-8-9-10-24(20-13-17-22(26)18-14-20)23(4-2)19-11-15-21(25)16-12-19/h11-18,25-26H,3-10H2,1-2H3/b24-23+. The average molecular weight is 353 g/mol. The van der Waals surface area contributed by atoms with E-state index in [1.165, 1.54) is 60.8 Å². The molecule has 0 radical (unpaired) electrons. The Hall–Kier alpha value is -2.22. The lowest BCUT2D eigenvalue weighted by atomic mass is 9.89. The first-order valence-corrected chi connectivity index (χ1v) is 9.96. The molecule has 0 aliphatic heterocycles. The van der Waals surface area contributed by atoms with E-state index in [-0.39, 0.29) is 0 Å². The lowest BCUT2D eigenvalue weighted by molar-refractivity contribution is 0.474.